The zero-order chi connectivity index (χ0) is 11.3. The number of hydrogen-bond acceptors (Lipinski definition) is 3. The van der Waals surface area contributed by atoms with Crippen LogP contribution in [0.1, 0.15) is 37.2 Å². The standard InChI is InChI=1S/C11H19N3O/c1-3-8-14-10(5-7-13-14)11(15)9(2)4-6-12/h5,7,9H,3-4,6,8,12H2,1-2H3. The lowest BCUT2D eigenvalue weighted by atomic mass is 10.0. The van der Waals surface area contributed by atoms with Crippen molar-refractivity contribution < 1.29 is 4.79 Å². The van der Waals surface area contributed by atoms with Crippen LogP contribution in [0.5, 0.6) is 0 Å². The van der Waals surface area contributed by atoms with Gasteiger partial charge in [0.1, 0.15) is 5.69 Å². The lowest BCUT2D eigenvalue weighted by molar-refractivity contribution is 0.0914. The topological polar surface area (TPSA) is 60.9 Å². The van der Waals surface area contributed by atoms with Crippen molar-refractivity contribution in [2.75, 3.05) is 6.54 Å². The molecule has 1 rings (SSSR count). The largest absolute Gasteiger partial charge is 0.330 e. The molecule has 0 saturated heterocycles. The summed E-state index contributed by atoms with van der Waals surface area (Å²) in [4.78, 5) is 12.0. The summed E-state index contributed by atoms with van der Waals surface area (Å²) in [5.41, 5.74) is 6.15. The van der Waals surface area contributed by atoms with Gasteiger partial charge < -0.3 is 5.73 Å². The van der Waals surface area contributed by atoms with Crippen LogP contribution in [0.15, 0.2) is 12.3 Å². The number of Topliss-reactive ketones (excluding diaryl/α,β-unsaturated/α-hetero) is 1. The van der Waals surface area contributed by atoms with Crippen molar-refractivity contribution in [1.29, 1.82) is 0 Å². The van der Waals surface area contributed by atoms with Crippen molar-refractivity contribution in [2.45, 2.75) is 33.2 Å². The van der Waals surface area contributed by atoms with Gasteiger partial charge in [-0.15, -0.1) is 0 Å². The lowest BCUT2D eigenvalue weighted by Gasteiger charge is -2.10. The molecule has 1 unspecified atom stereocenters. The van der Waals surface area contributed by atoms with Crippen LogP contribution in [0.2, 0.25) is 0 Å². The van der Waals surface area contributed by atoms with E-state index in [0.717, 1.165) is 19.4 Å². The van der Waals surface area contributed by atoms with Crippen molar-refractivity contribution in [3.05, 3.63) is 18.0 Å². The van der Waals surface area contributed by atoms with Gasteiger partial charge in [-0.3, -0.25) is 9.48 Å². The van der Waals surface area contributed by atoms with Gasteiger partial charge in [0.15, 0.2) is 5.78 Å². The second-order valence-corrected chi connectivity index (χ2v) is 3.78. The maximum absolute atomic E-state index is 12.0. The number of nitrogens with zero attached hydrogens (tertiary/aromatic N) is 2. The highest BCUT2D eigenvalue weighted by Crippen LogP contribution is 2.11. The molecule has 0 aromatic carbocycles. The van der Waals surface area contributed by atoms with E-state index in [4.69, 9.17) is 5.73 Å². The molecular weight excluding hydrogens is 190 g/mol. The number of carbonyl (C=O) groups is 1. The fourth-order valence-electron chi connectivity index (χ4n) is 1.57. The summed E-state index contributed by atoms with van der Waals surface area (Å²) < 4.78 is 1.77. The predicted octanol–water partition coefficient (Wildman–Crippen LogP) is 1.46. The molecule has 0 saturated carbocycles. The van der Waals surface area contributed by atoms with Crippen LogP contribution >= 0.6 is 0 Å². The normalized spacial score (nSPS) is 12.7. The highest BCUT2D eigenvalue weighted by molar-refractivity contribution is 5.96. The van der Waals surface area contributed by atoms with E-state index in [-0.39, 0.29) is 11.7 Å². The molecule has 1 aromatic heterocycles. The predicted molar refractivity (Wildman–Crippen MR) is 59.7 cm³/mol. The van der Waals surface area contributed by atoms with Gasteiger partial charge in [0.05, 0.1) is 0 Å². The Balaban J connectivity index is 2.76. The Bertz CT molecular complexity index is 319. The van der Waals surface area contributed by atoms with E-state index >= 15 is 0 Å². The van der Waals surface area contributed by atoms with Gasteiger partial charge in [0, 0.05) is 18.7 Å². The van der Waals surface area contributed by atoms with Gasteiger partial charge in [-0.1, -0.05) is 13.8 Å². The molecular formula is C11H19N3O. The van der Waals surface area contributed by atoms with Gasteiger partial charge >= 0.3 is 0 Å². The second-order valence-electron chi connectivity index (χ2n) is 3.78. The first-order chi connectivity index (χ1) is 7.20. The fourth-order valence-corrected chi connectivity index (χ4v) is 1.57. The molecule has 0 radical (unpaired) electrons. The average Bonchev–Trinajstić information content (AvgIpc) is 2.66. The first-order valence-corrected chi connectivity index (χ1v) is 5.46. The molecule has 4 nitrogen and oxygen atoms in total. The number of nitrogens with two attached hydrogens (primary N) is 1. The molecule has 0 spiro atoms. The second kappa shape index (κ2) is 5.66. The molecule has 0 aliphatic carbocycles. The monoisotopic (exact) mass is 209 g/mol. The van der Waals surface area contributed by atoms with Gasteiger partial charge in [0.2, 0.25) is 0 Å². The molecule has 15 heavy (non-hydrogen) atoms. The minimum atomic E-state index is -0.0118. The first kappa shape index (κ1) is 11.9. The highest BCUT2D eigenvalue weighted by Gasteiger charge is 2.17. The summed E-state index contributed by atoms with van der Waals surface area (Å²) in [5.74, 6) is 0.133. The van der Waals surface area contributed by atoms with E-state index in [9.17, 15) is 4.79 Å². The summed E-state index contributed by atoms with van der Waals surface area (Å²) in [6, 6.07) is 1.78. The van der Waals surface area contributed by atoms with Crippen LogP contribution in [-0.4, -0.2) is 22.1 Å². The van der Waals surface area contributed by atoms with Crippen LogP contribution in [0, 0.1) is 5.92 Å². The van der Waals surface area contributed by atoms with Crippen LogP contribution in [0.3, 0.4) is 0 Å². The Kier molecular flexibility index (Phi) is 4.49. The van der Waals surface area contributed by atoms with Crippen LogP contribution in [-0.2, 0) is 6.54 Å². The Labute approximate surface area is 90.5 Å². The van der Waals surface area contributed by atoms with E-state index in [0.29, 0.717) is 12.2 Å². The quantitative estimate of drug-likeness (QED) is 0.721. The minimum absolute atomic E-state index is 0.0118. The van der Waals surface area contributed by atoms with Gasteiger partial charge in [0.25, 0.3) is 0 Å². The summed E-state index contributed by atoms with van der Waals surface area (Å²) >= 11 is 0. The number of rotatable bonds is 6. The minimum Gasteiger partial charge on any atom is -0.330 e. The van der Waals surface area contributed by atoms with Crippen LogP contribution in [0.25, 0.3) is 0 Å². The molecule has 4 heteroatoms. The van der Waals surface area contributed by atoms with Gasteiger partial charge in [-0.25, -0.2) is 0 Å². The average molecular weight is 209 g/mol. The van der Waals surface area contributed by atoms with Gasteiger partial charge in [-0.05, 0) is 25.5 Å². The Morgan fingerprint density at radius 1 is 1.67 bits per heavy atom. The fraction of sp³-hybridized carbons (Fsp3) is 0.636. The molecule has 1 aromatic rings. The Hall–Kier alpha value is -1.16. The summed E-state index contributed by atoms with van der Waals surface area (Å²) in [6.45, 7) is 5.33. The van der Waals surface area contributed by atoms with Crippen molar-refractivity contribution in [3.63, 3.8) is 0 Å². The molecule has 0 aliphatic heterocycles. The van der Waals surface area contributed by atoms with E-state index in [1.165, 1.54) is 0 Å². The highest BCUT2D eigenvalue weighted by atomic mass is 16.1. The summed E-state index contributed by atoms with van der Waals surface area (Å²) in [5, 5.41) is 4.13. The molecule has 2 N–H and O–H groups in total. The number of aromatic nitrogens is 2. The number of aryl methyl sites for hydroxylation is 1. The van der Waals surface area contributed by atoms with Crippen molar-refractivity contribution in [3.8, 4) is 0 Å². The lowest BCUT2D eigenvalue weighted by Crippen LogP contribution is -2.19. The van der Waals surface area contributed by atoms with Crippen LogP contribution < -0.4 is 5.73 Å². The third-order valence-electron chi connectivity index (χ3n) is 2.45. The summed E-state index contributed by atoms with van der Waals surface area (Å²) in [7, 11) is 0. The molecule has 0 fully saturated rings. The van der Waals surface area contributed by atoms with E-state index < -0.39 is 0 Å². The summed E-state index contributed by atoms with van der Waals surface area (Å²) in [6.07, 6.45) is 3.39. The smallest absolute Gasteiger partial charge is 0.183 e. The molecule has 84 valence electrons. The molecule has 0 aliphatic rings. The molecule has 1 atom stereocenters. The van der Waals surface area contributed by atoms with Crippen molar-refractivity contribution in [2.24, 2.45) is 11.7 Å². The zero-order valence-corrected chi connectivity index (χ0v) is 9.44. The SMILES string of the molecule is CCCn1nccc1C(=O)C(C)CCN. The number of ketones is 1. The van der Waals surface area contributed by atoms with E-state index in [1.807, 2.05) is 6.92 Å². The Morgan fingerprint density at radius 2 is 2.40 bits per heavy atom. The third kappa shape index (κ3) is 2.89. The molecule has 1 heterocycles. The van der Waals surface area contributed by atoms with E-state index in [1.54, 1.807) is 16.9 Å². The number of carbonyl (C=O) groups excluding carboxylic acids is 1. The van der Waals surface area contributed by atoms with Crippen LogP contribution in [0.4, 0.5) is 0 Å². The van der Waals surface area contributed by atoms with Crippen molar-refractivity contribution in [1.82, 2.24) is 9.78 Å². The first-order valence-electron chi connectivity index (χ1n) is 5.46. The maximum Gasteiger partial charge on any atom is 0.183 e. The maximum atomic E-state index is 12.0. The zero-order valence-electron chi connectivity index (χ0n) is 9.44. The number of hydrogen-bond donors (Lipinski definition) is 1. The Morgan fingerprint density at radius 3 is 3.00 bits per heavy atom. The van der Waals surface area contributed by atoms with Gasteiger partial charge in [-0.2, -0.15) is 5.10 Å². The van der Waals surface area contributed by atoms with Crippen molar-refractivity contribution >= 4 is 5.78 Å². The third-order valence-corrected chi connectivity index (χ3v) is 2.45. The molecule has 0 bridgehead atoms. The van der Waals surface area contributed by atoms with E-state index in [2.05, 4.69) is 12.0 Å². The molecule has 0 amide bonds.